The van der Waals surface area contributed by atoms with E-state index in [2.05, 4.69) is 10.3 Å². The van der Waals surface area contributed by atoms with Crippen LogP contribution >= 0.6 is 0 Å². The molecule has 0 aliphatic heterocycles. The fourth-order valence-electron chi connectivity index (χ4n) is 3.09. The molecule has 4 nitrogen and oxygen atoms in total. The van der Waals surface area contributed by atoms with Crippen molar-refractivity contribution in [3.05, 3.63) is 83.7 Å². The number of halogens is 3. The van der Waals surface area contributed by atoms with Crippen molar-refractivity contribution in [2.45, 2.75) is 25.9 Å². The van der Waals surface area contributed by atoms with Crippen LogP contribution in [-0.2, 0) is 17.4 Å². The number of rotatable bonds is 6. The van der Waals surface area contributed by atoms with Crippen molar-refractivity contribution in [1.82, 2.24) is 4.98 Å². The number of carbonyl (C=O) groups is 2. The summed E-state index contributed by atoms with van der Waals surface area (Å²) in [5.74, 6) is -1.11. The maximum atomic E-state index is 13.2. The molecule has 0 aliphatic carbocycles. The van der Waals surface area contributed by atoms with Crippen LogP contribution in [-0.4, -0.2) is 16.7 Å². The Morgan fingerprint density at radius 2 is 1.77 bits per heavy atom. The first-order valence-electron chi connectivity index (χ1n) is 9.31. The molecule has 0 spiro atoms. The molecular formula is C23H19F3N2O2. The minimum atomic E-state index is -4.52. The monoisotopic (exact) mass is 412 g/mol. The number of aryl methyl sites for hydroxylation is 1. The predicted molar refractivity (Wildman–Crippen MR) is 108 cm³/mol. The number of pyridine rings is 1. The molecule has 154 valence electrons. The molecule has 0 aliphatic rings. The van der Waals surface area contributed by atoms with Gasteiger partial charge in [0, 0.05) is 29.2 Å². The second-order valence-electron chi connectivity index (χ2n) is 6.69. The van der Waals surface area contributed by atoms with Gasteiger partial charge in [-0.1, -0.05) is 37.3 Å². The van der Waals surface area contributed by atoms with Gasteiger partial charge < -0.3 is 5.32 Å². The number of anilines is 1. The highest BCUT2D eigenvalue weighted by atomic mass is 19.4. The molecule has 1 N–H and O–H groups in total. The highest BCUT2D eigenvalue weighted by molar-refractivity contribution is 6.11. The largest absolute Gasteiger partial charge is 0.416 e. The van der Waals surface area contributed by atoms with E-state index in [4.69, 9.17) is 0 Å². The first kappa shape index (κ1) is 21.2. The van der Waals surface area contributed by atoms with E-state index in [-0.39, 0.29) is 17.7 Å². The highest BCUT2D eigenvalue weighted by Crippen LogP contribution is 2.34. The van der Waals surface area contributed by atoms with Crippen molar-refractivity contribution in [3.8, 4) is 11.1 Å². The van der Waals surface area contributed by atoms with Crippen molar-refractivity contribution >= 4 is 17.4 Å². The van der Waals surface area contributed by atoms with Crippen LogP contribution < -0.4 is 5.32 Å². The van der Waals surface area contributed by atoms with E-state index in [1.54, 1.807) is 43.6 Å². The Kier molecular flexibility index (Phi) is 6.30. The number of alkyl halides is 3. The van der Waals surface area contributed by atoms with Gasteiger partial charge in [0.25, 0.3) is 0 Å². The molecule has 1 heterocycles. The highest BCUT2D eigenvalue weighted by Gasteiger charge is 2.33. The SMILES string of the molecule is CCc1ccc(NC(=O)CC(=O)c2cccc(-c3cccnc3)c2)cc1C(F)(F)F. The van der Waals surface area contributed by atoms with Crippen LogP contribution in [0.15, 0.2) is 67.0 Å². The summed E-state index contributed by atoms with van der Waals surface area (Å²) in [4.78, 5) is 28.8. The van der Waals surface area contributed by atoms with Crippen LogP contribution in [0.5, 0.6) is 0 Å². The van der Waals surface area contributed by atoms with Gasteiger partial charge in [0.15, 0.2) is 5.78 Å². The number of carbonyl (C=O) groups excluding carboxylic acids is 2. The van der Waals surface area contributed by atoms with Gasteiger partial charge in [0.05, 0.1) is 12.0 Å². The molecule has 0 bridgehead atoms. The van der Waals surface area contributed by atoms with Crippen molar-refractivity contribution in [2.75, 3.05) is 5.32 Å². The number of aromatic nitrogens is 1. The standard InChI is InChI=1S/C23H19F3N2O2/c1-2-15-8-9-19(12-20(15)23(24,25)26)28-22(30)13-21(29)17-6-3-5-16(11-17)18-7-4-10-27-14-18/h3-12,14H,2,13H2,1H3,(H,28,30). The number of amides is 1. The van der Waals surface area contributed by atoms with E-state index < -0.39 is 29.9 Å². The van der Waals surface area contributed by atoms with Crippen LogP contribution in [0.4, 0.5) is 18.9 Å². The van der Waals surface area contributed by atoms with Crippen LogP contribution in [0.25, 0.3) is 11.1 Å². The van der Waals surface area contributed by atoms with Crippen LogP contribution in [0.2, 0.25) is 0 Å². The first-order valence-corrected chi connectivity index (χ1v) is 9.31. The summed E-state index contributed by atoms with van der Waals surface area (Å²) in [6.45, 7) is 1.63. The quantitative estimate of drug-likeness (QED) is 0.427. The molecule has 2 aromatic carbocycles. The lowest BCUT2D eigenvalue weighted by Gasteiger charge is -2.14. The topological polar surface area (TPSA) is 59.1 Å². The van der Waals surface area contributed by atoms with Crippen molar-refractivity contribution < 1.29 is 22.8 Å². The predicted octanol–water partition coefficient (Wildman–Crippen LogP) is 5.54. The van der Waals surface area contributed by atoms with E-state index in [9.17, 15) is 22.8 Å². The summed E-state index contributed by atoms with van der Waals surface area (Å²) in [7, 11) is 0. The minimum absolute atomic E-state index is 0.00133. The second kappa shape index (κ2) is 8.90. The van der Waals surface area contributed by atoms with E-state index in [0.717, 1.165) is 17.2 Å². The molecule has 0 atom stereocenters. The molecule has 0 unspecified atom stereocenters. The average Bonchev–Trinajstić information content (AvgIpc) is 2.73. The lowest BCUT2D eigenvalue weighted by Crippen LogP contribution is -2.17. The zero-order valence-corrected chi connectivity index (χ0v) is 16.2. The molecule has 0 fully saturated rings. The van der Waals surface area contributed by atoms with E-state index >= 15 is 0 Å². The Labute approximate surface area is 171 Å². The zero-order chi connectivity index (χ0) is 21.7. The van der Waals surface area contributed by atoms with Crippen molar-refractivity contribution in [1.29, 1.82) is 0 Å². The molecule has 0 radical (unpaired) electrons. The molecule has 7 heteroatoms. The van der Waals surface area contributed by atoms with Crippen molar-refractivity contribution in [2.24, 2.45) is 0 Å². The molecule has 0 saturated heterocycles. The maximum absolute atomic E-state index is 13.2. The molecule has 3 rings (SSSR count). The number of hydrogen-bond donors (Lipinski definition) is 1. The van der Waals surface area contributed by atoms with Gasteiger partial charge in [-0.25, -0.2) is 0 Å². The van der Waals surface area contributed by atoms with Gasteiger partial charge in [-0.2, -0.15) is 13.2 Å². The lowest BCUT2D eigenvalue weighted by molar-refractivity contribution is -0.138. The first-order chi connectivity index (χ1) is 14.3. The number of ketones is 1. The third-order valence-electron chi connectivity index (χ3n) is 4.58. The third kappa shape index (κ3) is 5.11. The molecular weight excluding hydrogens is 393 g/mol. The molecule has 3 aromatic rings. The van der Waals surface area contributed by atoms with Crippen LogP contribution in [0.3, 0.4) is 0 Å². The Hall–Kier alpha value is -3.48. The zero-order valence-electron chi connectivity index (χ0n) is 16.2. The number of nitrogens with one attached hydrogen (secondary N) is 1. The summed E-state index contributed by atoms with van der Waals surface area (Å²) in [5, 5.41) is 2.38. The minimum Gasteiger partial charge on any atom is -0.326 e. The Morgan fingerprint density at radius 1 is 1.00 bits per heavy atom. The van der Waals surface area contributed by atoms with Gasteiger partial charge in [-0.15, -0.1) is 0 Å². The van der Waals surface area contributed by atoms with Gasteiger partial charge >= 0.3 is 6.18 Å². The van der Waals surface area contributed by atoms with Gasteiger partial charge in [0.2, 0.25) is 5.91 Å². The normalized spacial score (nSPS) is 11.2. The van der Waals surface area contributed by atoms with Crippen LogP contribution in [0.1, 0.15) is 34.8 Å². The summed E-state index contributed by atoms with van der Waals surface area (Å²) < 4.78 is 39.6. The third-order valence-corrected chi connectivity index (χ3v) is 4.58. The summed E-state index contributed by atoms with van der Waals surface area (Å²) in [6, 6.07) is 14.0. The smallest absolute Gasteiger partial charge is 0.326 e. The number of hydrogen-bond acceptors (Lipinski definition) is 3. The summed E-state index contributed by atoms with van der Waals surface area (Å²) in [6.07, 6.45) is -1.48. The van der Waals surface area contributed by atoms with Crippen molar-refractivity contribution in [3.63, 3.8) is 0 Å². The Balaban J connectivity index is 1.72. The van der Waals surface area contributed by atoms with E-state index in [1.807, 2.05) is 12.1 Å². The van der Waals surface area contributed by atoms with Crippen LogP contribution in [0, 0.1) is 0 Å². The Bertz CT molecular complexity index is 1060. The fourth-order valence-corrected chi connectivity index (χ4v) is 3.09. The number of nitrogens with zero attached hydrogens (tertiary/aromatic N) is 1. The molecule has 1 aromatic heterocycles. The number of Topliss-reactive ketones (excluding diaryl/α,β-unsaturated/α-hetero) is 1. The summed E-state index contributed by atoms with van der Waals surface area (Å²) in [5.41, 5.74) is 1.29. The average molecular weight is 412 g/mol. The summed E-state index contributed by atoms with van der Waals surface area (Å²) >= 11 is 0. The maximum Gasteiger partial charge on any atom is 0.416 e. The Morgan fingerprint density at radius 3 is 2.43 bits per heavy atom. The number of benzene rings is 2. The van der Waals surface area contributed by atoms with Gasteiger partial charge in [0.1, 0.15) is 0 Å². The van der Waals surface area contributed by atoms with E-state index in [0.29, 0.717) is 5.56 Å². The van der Waals surface area contributed by atoms with Gasteiger partial charge in [-0.05, 0) is 41.8 Å². The second-order valence-corrected chi connectivity index (χ2v) is 6.69. The van der Waals surface area contributed by atoms with Gasteiger partial charge in [-0.3, -0.25) is 14.6 Å². The molecule has 30 heavy (non-hydrogen) atoms. The van der Waals surface area contributed by atoms with E-state index in [1.165, 1.54) is 12.1 Å². The molecule has 0 saturated carbocycles. The lowest BCUT2D eigenvalue weighted by atomic mass is 10.0. The fraction of sp³-hybridized carbons (Fsp3) is 0.174. The molecule has 1 amide bonds.